The third-order valence-corrected chi connectivity index (χ3v) is 3.47. The van der Waals surface area contributed by atoms with E-state index in [-0.39, 0.29) is 29.4 Å². The second kappa shape index (κ2) is 4.05. The first-order chi connectivity index (χ1) is 9.15. The number of hydrogen-bond donors (Lipinski definition) is 1. The maximum Gasteiger partial charge on any atom is 0.315 e. The Morgan fingerprint density at radius 1 is 1.21 bits per heavy atom. The molecule has 1 heterocycles. The molecule has 0 aromatic heterocycles. The number of fused-ring (bicyclic) bond motifs is 1. The van der Waals surface area contributed by atoms with Gasteiger partial charge >= 0.3 is 5.97 Å². The Bertz CT molecular complexity index is 645. The van der Waals surface area contributed by atoms with E-state index < -0.39 is 11.9 Å². The highest BCUT2D eigenvalue weighted by Gasteiger charge is 2.43. The van der Waals surface area contributed by atoms with Gasteiger partial charge in [-0.15, -0.1) is 0 Å². The lowest BCUT2D eigenvalue weighted by Crippen LogP contribution is -2.27. The molecule has 0 saturated heterocycles. The molecule has 0 fully saturated rings. The monoisotopic (exact) mass is 257 g/mol. The zero-order chi connectivity index (χ0) is 13.6. The number of esters is 1. The molecule has 5 nitrogen and oxygen atoms in total. The van der Waals surface area contributed by atoms with Gasteiger partial charge in [-0.1, -0.05) is 24.3 Å². The summed E-state index contributed by atoms with van der Waals surface area (Å²) in [5, 5.41) is 2.85. The van der Waals surface area contributed by atoms with E-state index in [1.807, 2.05) is 0 Å². The lowest BCUT2D eigenvalue weighted by atomic mass is 9.84. The minimum atomic E-state index is -0.704. The Balaban J connectivity index is 2.14. The second-order valence-electron chi connectivity index (χ2n) is 4.45. The summed E-state index contributed by atoms with van der Waals surface area (Å²) in [5.41, 5.74) is 1.20. The highest BCUT2D eigenvalue weighted by molar-refractivity contribution is 6.28. The molecule has 1 aliphatic carbocycles. The van der Waals surface area contributed by atoms with Gasteiger partial charge in [-0.2, -0.15) is 0 Å². The van der Waals surface area contributed by atoms with E-state index in [0.717, 1.165) is 0 Å². The minimum absolute atomic E-state index is 0.225. The number of ketones is 2. The molecule has 1 aromatic carbocycles. The number of ether oxygens (including phenoxy) is 1. The second-order valence-corrected chi connectivity index (χ2v) is 4.45. The van der Waals surface area contributed by atoms with Crippen molar-refractivity contribution in [3.63, 3.8) is 0 Å². The largest absolute Gasteiger partial charge is 0.468 e. The Kier molecular flexibility index (Phi) is 2.48. The number of benzene rings is 1. The molecule has 0 spiro atoms. The van der Waals surface area contributed by atoms with Crippen LogP contribution in [0.25, 0.3) is 0 Å². The molecule has 19 heavy (non-hydrogen) atoms. The SMILES string of the molecule is COC(=O)C1CNC2=C1C(=O)c1ccccc1C2=O. The van der Waals surface area contributed by atoms with Crippen molar-refractivity contribution in [1.29, 1.82) is 0 Å². The highest BCUT2D eigenvalue weighted by atomic mass is 16.5. The first kappa shape index (κ1) is 11.6. The fraction of sp³-hybridized carbons (Fsp3) is 0.214. The van der Waals surface area contributed by atoms with Gasteiger partial charge in [0.25, 0.3) is 0 Å². The van der Waals surface area contributed by atoms with Crippen molar-refractivity contribution in [2.24, 2.45) is 5.92 Å². The predicted octanol–water partition coefficient (Wildman–Crippen LogP) is 0.712. The zero-order valence-electron chi connectivity index (χ0n) is 10.2. The Morgan fingerprint density at radius 3 is 2.47 bits per heavy atom. The molecule has 1 aliphatic heterocycles. The maximum atomic E-state index is 12.4. The average Bonchev–Trinajstić information content (AvgIpc) is 2.89. The first-order valence-corrected chi connectivity index (χ1v) is 5.89. The Labute approximate surface area is 109 Å². The molecule has 1 atom stereocenters. The summed E-state index contributed by atoms with van der Waals surface area (Å²) in [5.74, 6) is -1.72. The van der Waals surface area contributed by atoms with Gasteiger partial charge in [0, 0.05) is 23.2 Å². The van der Waals surface area contributed by atoms with Crippen LogP contribution >= 0.6 is 0 Å². The number of carbonyl (C=O) groups excluding carboxylic acids is 3. The van der Waals surface area contributed by atoms with Gasteiger partial charge in [0.2, 0.25) is 5.78 Å². The third kappa shape index (κ3) is 1.51. The van der Waals surface area contributed by atoms with E-state index in [9.17, 15) is 14.4 Å². The van der Waals surface area contributed by atoms with Crippen LogP contribution in [0.5, 0.6) is 0 Å². The van der Waals surface area contributed by atoms with Crippen molar-refractivity contribution in [2.75, 3.05) is 13.7 Å². The van der Waals surface area contributed by atoms with E-state index >= 15 is 0 Å². The van der Waals surface area contributed by atoms with Crippen molar-refractivity contribution in [2.45, 2.75) is 0 Å². The molecule has 0 amide bonds. The number of carbonyl (C=O) groups is 3. The quantitative estimate of drug-likeness (QED) is 0.750. The fourth-order valence-corrected chi connectivity index (χ4v) is 2.55. The van der Waals surface area contributed by atoms with Gasteiger partial charge in [-0.25, -0.2) is 0 Å². The number of rotatable bonds is 1. The molecule has 96 valence electrons. The van der Waals surface area contributed by atoms with Crippen LogP contribution in [0, 0.1) is 5.92 Å². The van der Waals surface area contributed by atoms with E-state index in [2.05, 4.69) is 10.1 Å². The van der Waals surface area contributed by atoms with Crippen molar-refractivity contribution < 1.29 is 19.1 Å². The van der Waals surface area contributed by atoms with E-state index in [1.54, 1.807) is 24.3 Å². The smallest absolute Gasteiger partial charge is 0.315 e. The van der Waals surface area contributed by atoms with Gasteiger partial charge in [-0.05, 0) is 0 Å². The number of nitrogens with one attached hydrogen (secondary N) is 1. The summed E-state index contributed by atoms with van der Waals surface area (Å²) in [6, 6.07) is 6.63. The van der Waals surface area contributed by atoms with Crippen LogP contribution in [0.4, 0.5) is 0 Å². The molecule has 0 bridgehead atoms. The molecule has 1 aromatic rings. The van der Waals surface area contributed by atoms with E-state index in [4.69, 9.17) is 0 Å². The number of hydrogen-bond acceptors (Lipinski definition) is 5. The van der Waals surface area contributed by atoms with Crippen LogP contribution in [0.2, 0.25) is 0 Å². The number of methoxy groups -OCH3 is 1. The molecule has 3 rings (SSSR count). The molecule has 2 aliphatic rings. The molecule has 1 unspecified atom stereocenters. The lowest BCUT2D eigenvalue weighted by Gasteiger charge is -2.17. The van der Waals surface area contributed by atoms with E-state index in [0.29, 0.717) is 11.1 Å². The summed E-state index contributed by atoms with van der Waals surface area (Å²) < 4.78 is 4.68. The number of allylic oxidation sites excluding steroid dienone is 1. The van der Waals surface area contributed by atoms with Crippen molar-refractivity contribution in [3.05, 3.63) is 46.7 Å². The molecule has 0 radical (unpaired) electrons. The highest BCUT2D eigenvalue weighted by Crippen LogP contribution is 2.33. The van der Waals surface area contributed by atoms with Crippen LogP contribution in [-0.4, -0.2) is 31.2 Å². The van der Waals surface area contributed by atoms with Gasteiger partial charge < -0.3 is 10.1 Å². The lowest BCUT2D eigenvalue weighted by molar-refractivity contribution is -0.143. The van der Waals surface area contributed by atoms with Gasteiger partial charge in [-0.3, -0.25) is 14.4 Å². The fourth-order valence-electron chi connectivity index (χ4n) is 2.55. The predicted molar refractivity (Wildman–Crippen MR) is 65.6 cm³/mol. The minimum Gasteiger partial charge on any atom is -0.468 e. The third-order valence-electron chi connectivity index (χ3n) is 3.47. The standard InChI is InChI=1S/C14H11NO4/c1-19-14(18)9-6-15-11-10(9)12(16)7-4-2-3-5-8(7)13(11)17/h2-5,9,15H,6H2,1H3. The van der Waals surface area contributed by atoms with Crippen LogP contribution < -0.4 is 5.32 Å². The topological polar surface area (TPSA) is 72.5 Å². The summed E-state index contributed by atoms with van der Waals surface area (Å²) in [4.78, 5) is 36.4. The maximum absolute atomic E-state index is 12.4. The van der Waals surface area contributed by atoms with E-state index in [1.165, 1.54) is 7.11 Å². The van der Waals surface area contributed by atoms with Crippen LogP contribution in [0.1, 0.15) is 20.7 Å². The van der Waals surface area contributed by atoms with Crippen molar-refractivity contribution in [3.8, 4) is 0 Å². The van der Waals surface area contributed by atoms with Gasteiger partial charge in [0.15, 0.2) is 5.78 Å². The average molecular weight is 257 g/mol. The van der Waals surface area contributed by atoms with Crippen LogP contribution in [-0.2, 0) is 9.53 Å². The molecule has 0 saturated carbocycles. The van der Waals surface area contributed by atoms with Crippen molar-refractivity contribution >= 4 is 17.5 Å². The molecular weight excluding hydrogens is 246 g/mol. The summed E-state index contributed by atoms with van der Waals surface area (Å²) in [7, 11) is 1.27. The van der Waals surface area contributed by atoms with Crippen LogP contribution in [0.15, 0.2) is 35.5 Å². The molecule has 1 N–H and O–H groups in total. The van der Waals surface area contributed by atoms with Gasteiger partial charge in [0.05, 0.1) is 12.8 Å². The molecule has 5 heteroatoms. The summed E-state index contributed by atoms with van der Waals surface area (Å²) in [6.07, 6.45) is 0. The van der Waals surface area contributed by atoms with Crippen molar-refractivity contribution in [1.82, 2.24) is 5.32 Å². The number of Topliss-reactive ketones (excluding diaryl/α,β-unsaturated/α-hetero) is 2. The zero-order valence-corrected chi connectivity index (χ0v) is 10.2. The normalized spacial score (nSPS) is 20.8. The Morgan fingerprint density at radius 2 is 1.84 bits per heavy atom. The first-order valence-electron chi connectivity index (χ1n) is 5.89. The van der Waals surface area contributed by atoms with Gasteiger partial charge in [0.1, 0.15) is 5.92 Å². The Hall–Kier alpha value is -2.43. The summed E-state index contributed by atoms with van der Waals surface area (Å²) >= 11 is 0. The molecular formula is C14H11NO4. The van der Waals surface area contributed by atoms with Crippen LogP contribution in [0.3, 0.4) is 0 Å². The summed E-state index contributed by atoms with van der Waals surface area (Å²) in [6.45, 7) is 0.225.